The second-order valence-corrected chi connectivity index (χ2v) is 5.20. The van der Waals surface area contributed by atoms with Crippen LogP contribution in [0.3, 0.4) is 0 Å². The van der Waals surface area contributed by atoms with E-state index in [2.05, 4.69) is 30.1 Å². The van der Waals surface area contributed by atoms with Gasteiger partial charge in [0.05, 0.1) is 12.6 Å². The van der Waals surface area contributed by atoms with E-state index in [9.17, 15) is 4.79 Å². The standard InChI is InChI=1S/C18H22N2O2/c1-3-11-20(12-13-21)18(22)19-14(2)16-10-6-8-15-7-4-5-9-17(15)16/h3-10,14,21H,1,11-13H2,2H3,(H,19,22). The molecule has 2 aromatic rings. The normalized spacial score (nSPS) is 11.9. The molecule has 2 N–H and O–H groups in total. The van der Waals surface area contributed by atoms with E-state index in [0.717, 1.165) is 16.3 Å². The molecule has 0 aliphatic carbocycles. The van der Waals surface area contributed by atoms with Crippen molar-refractivity contribution in [3.8, 4) is 0 Å². The molecule has 4 heteroatoms. The summed E-state index contributed by atoms with van der Waals surface area (Å²) in [5.74, 6) is 0. The molecule has 22 heavy (non-hydrogen) atoms. The number of hydrogen-bond donors (Lipinski definition) is 2. The number of carbonyl (C=O) groups is 1. The molecule has 0 aliphatic rings. The molecule has 0 bridgehead atoms. The molecule has 0 fully saturated rings. The molecule has 1 atom stereocenters. The van der Waals surface area contributed by atoms with Gasteiger partial charge in [-0.25, -0.2) is 4.79 Å². The lowest BCUT2D eigenvalue weighted by Crippen LogP contribution is -2.42. The third-order valence-electron chi connectivity index (χ3n) is 3.64. The quantitative estimate of drug-likeness (QED) is 0.805. The lowest BCUT2D eigenvalue weighted by atomic mass is 10.00. The van der Waals surface area contributed by atoms with E-state index >= 15 is 0 Å². The number of benzene rings is 2. The smallest absolute Gasteiger partial charge is 0.318 e. The van der Waals surface area contributed by atoms with Crippen molar-refractivity contribution in [2.24, 2.45) is 0 Å². The molecule has 2 aromatic carbocycles. The molecule has 116 valence electrons. The fraction of sp³-hybridized carbons (Fsp3) is 0.278. The number of rotatable bonds is 6. The summed E-state index contributed by atoms with van der Waals surface area (Å²) in [6, 6.07) is 13.9. The summed E-state index contributed by atoms with van der Waals surface area (Å²) in [6.45, 7) is 6.24. The molecule has 1 unspecified atom stereocenters. The monoisotopic (exact) mass is 298 g/mol. The van der Waals surface area contributed by atoms with E-state index in [1.54, 1.807) is 6.08 Å². The van der Waals surface area contributed by atoms with Crippen LogP contribution in [0.5, 0.6) is 0 Å². The van der Waals surface area contributed by atoms with Gasteiger partial charge in [-0.1, -0.05) is 48.5 Å². The topological polar surface area (TPSA) is 52.6 Å². The van der Waals surface area contributed by atoms with E-state index in [-0.39, 0.29) is 18.7 Å². The van der Waals surface area contributed by atoms with Gasteiger partial charge in [0.25, 0.3) is 0 Å². The second-order valence-electron chi connectivity index (χ2n) is 5.20. The van der Waals surface area contributed by atoms with Crippen molar-refractivity contribution in [2.45, 2.75) is 13.0 Å². The van der Waals surface area contributed by atoms with Crippen LogP contribution in [0, 0.1) is 0 Å². The summed E-state index contributed by atoms with van der Waals surface area (Å²) in [5, 5.41) is 14.3. The van der Waals surface area contributed by atoms with E-state index in [4.69, 9.17) is 5.11 Å². The Hall–Kier alpha value is -2.33. The molecule has 0 heterocycles. The SMILES string of the molecule is C=CCN(CCO)C(=O)NC(C)c1cccc2ccccc12. The molecule has 2 amide bonds. The first kappa shape index (κ1) is 16.0. The zero-order valence-electron chi connectivity index (χ0n) is 12.8. The van der Waals surface area contributed by atoms with E-state index < -0.39 is 0 Å². The van der Waals surface area contributed by atoms with Gasteiger partial charge in [-0.05, 0) is 23.3 Å². The van der Waals surface area contributed by atoms with Gasteiger partial charge < -0.3 is 15.3 Å². The maximum Gasteiger partial charge on any atom is 0.318 e. The molecule has 0 spiro atoms. The van der Waals surface area contributed by atoms with Gasteiger partial charge >= 0.3 is 6.03 Å². The van der Waals surface area contributed by atoms with Crippen LogP contribution in [-0.4, -0.2) is 35.7 Å². The molecule has 2 rings (SSSR count). The molecule has 0 aliphatic heterocycles. The van der Waals surface area contributed by atoms with E-state index in [0.29, 0.717) is 13.1 Å². The average Bonchev–Trinajstić information content (AvgIpc) is 2.54. The first-order valence-corrected chi connectivity index (χ1v) is 7.42. The number of nitrogens with zero attached hydrogens (tertiary/aromatic N) is 1. The number of nitrogens with one attached hydrogen (secondary N) is 1. The highest BCUT2D eigenvalue weighted by molar-refractivity contribution is 5.86. The zero-order chi connectivity index (χ0) is 15.9. The minimum absolute atomic E-state index is 0.0656. The second kappa shape index (κ2) is 7.61. The fourth-order valence-corrected chi connectivity index (χ4v) is 2.53. The Bertz CT molecular complexity index is 649. The van der Waals surface area contributed by atoms with Crippen LogP contribution < -0.4 is 5.32 Å². The number of aliphatic hydroxyl groups excluding tert-OH is 1. The van der Waals surface area contributed by atoms with Gasteiger partial charge in [-0.3, -0.25) is 0 Å². The summed E-state index contributed by atoms with van der Waals surface area (Å²) in [6.07, 6.45) is 1.65. The van der Waals surface area contributed by atoms with Gasteiger partial charge in [0.15, 0.2) is 0 Å². The van der Waals surface area contributed by atoms with Gasteiger partial charge in [-0.15, -0.1) is 6.58 Å². The third kappa shape index (κ3) is 3.65. The van der Waals surface area contributed by atoms with Crippen molar-refractivity contribution in [3.05, 3.63) is 60.7 Å². The third-order valence-corrected chi connectivity index (χ3v) is 3.64. The number of fused-ring (bicyclic) bond motifs is 1. The van der Waals surface area contributed by atoms with Crippen LogP contribution in [0.4, 0.5) is 4.79 Å². The number of hydrogen-bond acceptors (Lipinski definition) is 2. The zero-order valence-corrected chi connectivity index (χ0v) is 12.8. The number of urea groups is 1. The van der Waals surface area contributed by atoms with Gasteiger partial charge in [0.1, 0.15) is 0 Å². The Labute approximate surface area is 131 Å². The van der Waals surface area contributed by atoms with Crippen molar-refractivity contribution in [3.63, 3.8) is 0 Å². The molecule has 0 aromatic heterocycles. The van der Waals surface area contributed by atoms with Crippen molar-refractivity contribution in [2.75, 3.05) is 19.7 Å². The maximum atomic E-state index is 12.3. The van der Waals surface area contributed by atoms with Crippen molar-refractivity contribution in [1.29, 1.82) is 0 Å². The highest BCUT2D eigenvalue weighted by Gasteiger charge is 2.16. The Morgan fingerprint density at radius 2 is 2.05 bits per heavy atom. The molecule has 0 radical (unpaired) electrons. The van der Waals surface area contributed by atoms with Crippen LogP contribution in [0.25, 0.3) is 10.8 Å². The van der Waals surface area contributed by atoms with Gasteiger partial charge in [0.2, 0.25) is 0 Å². The Morgan fingerprint density at radius 3 is 2.77 bits per heavy atom. The Morgan fingerprint density at radius 1 is 1.32 bits per heavy atom. The average molecular weight is 298 g/mol. The molecule has 4 nitrogen and oxygen atoms in total. The molecular weight excluding hydrogens is 276 g/mol. The van der Waals surface area contributed by atoms with Gasteiger partial charge in [0, 0.05) is 13.1 Å². The van der Waals surface area contributed by atoms with Crippen molar-refractivity contribution in [1.82, 2.24) is 10.2 Å². The lowest BCUT2D eigenvalue weighted by molar-refractivity contribution is 0.181. The Balaban J connectivity index is 2.18. The number of amides is 2. The molecule has 0 saturated heterocycles. The maximum absolute atomic E-state index is 12.3. The first-order chi connectivity index (χ1) is 10.7. The summed E-state index contributed by atoms with van der Waals surface area (Å²) in [7, 11) is 0. The first-order valence-electron chi connectivity index (χ1n) is 7.42. The van der Waals surface area contributed by atoms with Crippen LogP contribution >= 0.6 is 0 Å². The van der Waals surface area contributed by atoms with Gasteiger partial charge in [-0.2, -0.15) is 0 Å². The number of carbonyl (C=O) groups excluding carboxylic acids is 1. The van der Waals surface area contributed by atoms with Crippen molar-refractivity contribution >= 4 is 16.8 Å². The van der Waals surface area contributed by atoms with E-state index in [1.165, 1.54) is 4.90 Å². The largest absolute Gasteiger partial charge is 0.395 e. The fourth-order valence-electron chi connectivity index (χ4n) is 2.53. The summed E-state index contributed by atoms with van der Waals surface area (Å²) < 4.78 is 0. The summed E-state index contributed by atoms with van der Waals surface area (Å²) in [5.41, 5.74) is 1.08. The predicted molar refractivity (Wildman–Crippen MR) is 89.8 cm³/mol. The summed E-state index contributed by atoms with van der Waals surface area (Å²) in [4.78, 5) is 13.8. The van der Waals surface area contributed by atoms with E-state index in [1.807, 2.05) is 31.2 Å². The molecular formula is C18H22N2O2. The van der Waals surface area contributed by atoms with Crippen LogP contribution in [0.1, 0.15) is 18.5 Å². The van der Waals surface area contributed by atoms with Crippen LogP contribution in [-0.2, 0) is 0 Å². The minimum Gasteiger partial charge on any atom is -0.395 e. The van der Waals surface area contributed by atoms with Crippen LogP contribution in [0.2, 0.25) is 0 Å². The Kier molecular flexibility index (Phi) is 5.55. The minimum atomic E-state index is -0.200. The highest BCUT2D eigenvalue weighted by Crippen LogP contribution is 2.24. The highest BCUT2D eigenvalue weighted by atomic mass is 16.3. The predicted octanol–water partition coefficient (Wildman–Crippen LogP) is 3.09. The number of aliphatic hydroxyl groups is 1. The van der Waals surface area contributed by atoms with Crippen molar-refractivity contribution < 1.29 is 9.90 Å². The van der Waals surface area contributed by atoms with Crippen LogP contribution in [0.15, 0.2) is 55.1 Å². The summed E-state index contributed by atoms with van der Waals surface area (Å²) >= 11 is 0. The molecule has 0 saturated carbocycles. The lowest BCUT2D eigenvalue weighted by Gasteiger charge is -2.24.